The lowest BCUT2D eigenvalue weighted by atomic mass is 9.72. The number of carbonyl (C=O) groups excluding carboxylic acids is 2. The molecule has 0 aliphatic heterocycles. The molecule has 3 N–H and O–H groups in total. The molecular weight excluding hydrogens is 478 g/mol. The van der Waals surface area contributed by atoms with E-state index in [9.17, 15) is 9.59 Å². The van der Waals surface area contributed by atoms with Gasteiger partial charge in [-0.05, 0) is 80.2 Å². The smallest absolute Gasteiger partial charge is 0.258 e. The van der Waals surface area contributed by atoms with Gasteiger partial charge in [0, 0.05) is 10.6 Å². The van der Waals surface area contributed by atoms with Crippen LogP contribution in [0.4, 0.5) is 10.7 Å². The number of fused-ring (bicyclic) bond motifs is 1. The molecule has 0 spiro atoms. The number of hydrogen-bond acceptors (Lipinski definition) is 4. The number of rotatable bonds is 8. The molecule has 4 rings (SSSR count). The maximum atomic E-state index is 13.6. The molecule has 1 aromatic heterocycles. The van der Waals surface area contributed by atoms with E-state index in [0.717, 1.165) is 48.1 Å². The number of thiophene rings is 1. The number of carbonyl (C=O) groups is 2. The lowest BCUT2D eigenvalue weighted by Crippen LogP contribution is -2.30. The summed E-state index contributed by atoms with van der Waals surface area (Å²) in [5.74, 6) is 0.280. The highest BCUT2D eigenvalue weighted by atomic mass is 32.1. The van der Waals surface area contributed by atoms with Crippen molar-refractivity contribution in [1.29, 1.82) is 0 Å². The molecule has 0 saturated carbocycles. The zero-order chi connectivity index (χ0) is 26.6. The molecule has 3 aromatic rings. The number of benzene rings is 2. The molecule has 0 unspecified atom stereocenters. The second kappa shape index (κ2) is 11.6. The van der Waals surface area contributed by atoms with Crippen LogP contribution in [0.1, 0.15) is 64.7 Å². The fourth-order valence-electron chi connectivity index (χ4n) is 5.04. The molecule has 1 aliphatic carbocycles. The molecule has 0 fully saturated rings. The lowest BCUT2D eigenvalue weighted by Gasteiger charge is -2.33. The molecule has 196 valence electrons. The van der Waals surface area contributed by atoms with Crippen LogP contribution in [0.25, 0.3) is 0 Å². The van der Waals surface area contributed by atoms with Crippen LogP contribution >= 0.6 is 11.3 Å². The van der Waals surface area contributed by atoms with Crippen molar-refractivity contribution in [1.82, 2.24) is 5.32 Å². The minimum atomic E-state index is -0.147. The Kier molecular flexibility index (Phi) is 8.50. The quantitative estimate of drug-likeness (QED) is 0.297. The third-order valence-electron chi connectivity index (χ3n) is 7.32. The van der Waals surface area contributed by atoms with Crippen LogP contribution in [0, 0.1) is 25.2 Å². The van der Waals surface area contributed by atoms with Gasteiger partial charge in [0.15, 0.2) is 0 Å². The molecule has 2 aromatic carbocycles. The van der Waals surface area contributed by atoms with E-state index in [1.807, 2.05) is 44.2 Å². The van der Waals surface area contributed by atoms with E-state index in [4.69, 9.17) is 0 Å². The molecule has 0 radical (unpaired) electrons. The Morgan fingerprint density at radius 2 is 1.78 bits per heavy atom. The maximum Gasteiger partial charge on any atom is 0.258 e. The summed E-state index contributed by atoms with van der Waals surface area (Å²) in [7, 11) is 0. The third kappa shape index (κ3) is 6.88. The van der Waals surface area contributed by atoms with E-state index in [-0.39, 0.29) is 23.8 Å². The number of hydrogen-bond donors (Lipinski definition) is 3. The van der Waals surface area contributed by atoms with Gasteiger partial charge in [0.05, 0.1) is 12.1 Å². The van der Waals surface area contributed by atoms with Gasteiger partial charge in [-0.25, -0.2) is 0 Å². The number of nitrogens with one attached hydrogen (secondary N) is 3. The zero-order valence-electron chi connectivity index (χ0n) is 22.7. The summed E-state index contributed by atoms with van der Waals surface area (Å²) >= 11 is 1.57. The van der Waals surface area contributed by atoms with Crippen molar-refractivity contribution in [2.75, 3.05) is 23.7 Å². The Bertz CT molecular complexity index is 1260. The van der Waals surface area contributed by atoms with Crippen LogP contribution in [0.3, 0.4) is 0 Å². The Labute approximate surface area is 225 Å². The van der Waals surface area contributed by atoms with Crippen molar-refractivity contribution in [3.63, 3.8) is 0 Å². The van der Waals surface area contributed by atoms with E-state index < -0.39 is 0 Å². The average Bonchev–Trinajstić information content (AvgIpc) is 3.20. The second-order valence-corrected chi connectivity index (χ2v) is 12.4. The molecule has 6 heteroatoms. The van der Waals surface area contributed by atoms with Crippen LogP contribution in [-0.4, -0.2) is 24.9 Å². The molecule has 1 aliphatic rings. The third-order valence-corrected chi connectivity index (χ3v) is 8.49. The Morgan fingerprint density at radius 1 is 1.03 bits per heavy atom. The van der Waals surface area contributed by atoms with Crippen molar-refractivity contribution >= 4 is 33.8 Å². The molecule has 0 saturated heterocycles. The topological polar surface area (TPSA) is 70.2 Å². The van der Waals surface area contributed by atoms with Crippen molar-refractivity contribution < 1.29 is 9.59 Å². The minimum absolute atomic E-state index is 0.125. The van der Waals surface area contributed by atoms with Gasteiger partial charge in [-0.1, -0.05) is 68.8 Å². The molecule has 2 amide bonds. The average molecular weight is 518 g/mol. The fourth-order valence-corrected chi connectivity index (χ4v) is 6.38. The maximum absolute atomic E-state index is 13.6. The molecule has 0 bridgehead atoms. The number of amides is 2. The number of aryl methyl sites for hydroxylation is 2. The van der Waals surface area contributed by atoms with Gasteiger partial charge in [-0.2, -0.15) is 0 Å². The Balaban J connectivity index is 1.50. The standard InChI is InChI=1S/C31H39N3O2S/c1-20-11-14-25(21(2)17-20)33-29(36)28-24-13-12-23(31(3,4)5)18-26(24)37-30(28)34-27(35)19-32-16-15-22-9-7-6-8-10-22/h6-11,14,17,23,32H,12-13,15-16,18-19H2,1-5H3,(H,33,36)(H,34,35)/t23-/m1/s1. The van der Waals surface area contributed by atoms with Gasteiger partial charge in [-0.15, -0.1) is 11.3 Å². The molecule has 1 heterocycles. The van der Waals surface area contributed by atoms with Crippen LogP contribution in [0.5, 0.6) is 0 Å². The van der Waals surface area contributed by atoms with Crippen molar-refractivity contribution in [3.8, 4) is 0 Å². The van der Waals surface area contributed by atoms with E-state index in [0.29, 0.717) is 23.0 Å². The molecule has 5 nitrogen and oxygen atoms in total. The van der Waals surface area contributed by atoms with Crippen LogP contribution in [0.2, 0.25) is 0 Å². The summed E-state index contributed by atoms with van der Waals surface area (Å²) in [5, 5.41) is 10.1. The molecule has 37 heavy (non-hydrogen) atoms. The highest BCUT2D eigenvalue weighted by Crippen LogP contribution is 2.44. The van der Waals surface area contributed by atoms with Crippen LogP contribution < -0.4 is 16.0 Å². The SMILES string of the molecule is Cc1ccc(NC(=O)c2c(NC(=O)CNCCc3ccccc3)sc3c2CC[C@@H](C(C)(C)C)C3)c(C)c1. The summed E-state index contributed by atoms with van der Waals surface area (Å²) < 4.78 is 0. The first-order valence-corrected chi connectivity index (χ1v) is 14.0. The summed E-state index contributed by atoms with van der Waals surface area (Å²) in [6, 6.07) is 16.2. The van der Waals surface area contributed by atoms with Gasteiger partial charge in [0.25, 0.3) is 5.91 Å². The van der Waals surface area contributed by atoms with Crippen molar-refractivity contribution in [2.45, 2.75) is 60.3 Å². The summed E-state index contributed by atoms with van der Waals surface area (Å²) in [5.41, 5.74) is 6.15. The highest BCUT2D eigenvalue weighted by Gasteiger charge is 2.34. The largest absolute Gasteiger partial charge is 0.322 e. The van der Waals surface area contributed by atoms with E-state index in [1.165, 1.54) is 10.4 Å². The number of anilines is 2. The fraction of sp³-hybridized carbons (Fsp3) is 0.419. The predicted octanol–water partition coefficient (Wildman–Crippen LogP) is 6.54. The van der Waals surface area contributed by atoms with Gasteiger partial charge < -0.3 is 16.0 Å². The monoisotopic (exact) mass is 517 g/mol. The van der Waals surface area contributed by atoms with Crippen molar-refractivity contribution in [2.24, 2.45) is 11.3 Å². The van der Waals surface area contributed by atoms with Crippen molar-refractivity contribution in [3.05, 3.63) is 81.2 Å². The summed E-state index contributed by atoms with van der Waals surface area (Å²) in [4.78, 5) is 27.7. The first-order valence-electron chi connectivity index (χ1n) is 13.2. The van der Waals surface area contributed by atoms with Gasteiger partial charge in [0.2, 0.25) is 5.91 Å². The molecule has 1 atom stereocenters. The van der Waals surface area contributed by atoms with E-state index in [1.54, 1.807) is 11.3 Å². The Hall–Kier alpha value is -2.96. The van der Waals surface area contributed by atoms with Crippen LogP contribution in [0.15, 0.2) is 48.5 Å². The summed E-state index contributed by atoms with van der Waals surface area (Å²) in [6.45, 7) is 11.8. The van der Waals surface area contributed by atoms with Gasteiger partial charge in [-0.3, -0.25) is 9.59 Å². The second-order valence-electron chi connectivity index (χ2n) is 11.2. The summed E-state index contributed by atoms with van der Waals surface area (Å²) in [6.07, 6.45) is 3.71. The zero-order valence-corrected chi connectivity index (χ0v) is 23.5. The molecular formula is C31H39N3O2S. The van der Waals surface area contributed by atoms with E-state index >= 15 is 0 Å². The predicted molar refractivity (Wildman–Crippen MR) is 155 cm³/mol. The highest BCUT2D eigenvalue weighted by molar-refractivity contribution is 7.17. The Morgan fingerprint density at radius 3 is 2.49 bits per heavy atom. The van der Waals surface area contributed by atoms with Crippen LogP contribution in [-0.2, 0) is 24.1 Å². The van der Waals surface area contributed by atoms with Gasteiger partial charge >= 0.3 is 0 Å². The van der Waals surface area contributed by atoms with Gasteiger partial charge in [0.1, 0.15) is 5.00 Å². The minimum Gasteiger partial charge on any atom is -0.322 e. The first-order chi connectivity index (χ1) is 17.6. The first kappa shape index (κ1) is 27.1. The lowest BCUT2D eigenvalue weighted by molar-refractivity contribution is -0.115. The normalized spacial score (nSPS) is 15.2. The van der Waals surface area contributed by atoms with E-state index in [2.05, 4.69) is 54.9 Å².